The lowest BCUT2D eigenvalue weighted by Gasteiger charge is -2.12. The molecule has 0 N–H and O–H groups in total. The van der Waals surface area contributed by atoms with Crippen LogP contribution in [0.3, 0.4) is 0 Å². The zero-order chi connectivity index (χ0) is 15.4. The van der Waals surface area contributed by atoms with Crippen molar-refractivity contribution >= 4 is 11.8 Å². The second kappa shape index (κ2) is 6.89. The fourth-order valence-corrected chi connectivity index (χ4v) is 3.02. The maximum atomic E-state index is 5.44. The second-order valence-corrected chi connectivity index (χ2v) is 6.31. The van der Waals surface area contributed by atoms with E-state index < -0.39 is 0 Å². The number of tetrazole rings is 1. The lowest BCUT2D eigenvalue weighted by molar-refractivity contribution is 0.407. The molecule has 0 aromatic carbocycles. The zero-order valence-electron chi connectivity index (χ0n) is 13.1. The van der Waals surface area contributed by atoms with Gasteiger partial charge in [0.25, 0.3) is 0 Å². The van der Waals surface area contributed by atoms with Crippen molar-refractivity contribution in [3.05, 3.63) is 23.0 Å². The van der Waals surface area contributed by atoms with Gasteiger partial charge >= 0.3 is 0 Å². The molecule has 0 spiro atoms. The highest BCUT2D eigenvalue weighted by Gasteiger charge is 2.13. The van der Waals surface area contributed by atoms with Gasteiger partial charge in [-0.05, 0) is 30.2 Å². The Balaban J connectivity index is 2.12. The Bertz CT molecular complexity index is 611. The van der Waals surface area contributed by atoms with Crippen LogP contribution in [0.15, 0.2) is 11.4 Å². The van der Waals surface area contributed by atoms with E-state index in [1.54, 1.807) is 18.9 Å². The molecule has 0 amide bonds. The van der Waals surface area contributed by atoms with E-state index in [9.17, 15) is 0 Å². The van der Waals surface area contributed by atoms with Crippen LogP contribution < -0.4 is 4.74 Å². The summed E-state index contributed by atoms with van der Waals surface area (Å²) in [5.74, 6) is 2.13. The molecule has 0 fully saturated rings. The minimum Gasteiger partial charge on any atom is -0.496 e. The number of nitrogens with zero attached hydrogens (tertiary/aromatic N) is 5. The van der Waals surface area contributed by atoms with E-state index in [1.807, 2.05) is 24.7 Å². The maximum Gasteiger partial charge on any atom is 0.209 e. The number of aryl methyl sites for hydroxylation is 1. The first kappa shape index (κ1) is 15.8. The Kier molecular flexibility index (Phi) is 5.17. The van der Waals surface area contributed by atoms with Crippen LogP contribution in [-0.4, -0.2) is 32.3 Å². The highest BCUT2D eigenvalue weighted by Crippen LogP contribution is 2.28. The average molecular weight is 307 g/mol. The Morgan fingerprint density at radius 2 is 2.10 bits per heavy atom. The van der Waals surface area contributed by atoms with Gasteiger partial charge in [-0.15, -0.1) is 5.10 Å². The molecular formula is C14H21N5OS. The largest absolute Gasteiger partial charge is 0.496 e. The Hall–Kier alpha value is -1.63. The van der Waals surface area contributed by atoms with Gasteiger partial charge in [0.05, 0.1) is 12.8 Å². The molecule has 2 aromatic heterocycles. The SMILES string of the molecule is COc1c(C)cnc(CSc2nnnn2CC(C)C)c1C. The smallest absolute Gasteiger partial charge is 0.209 e. The number of rotatable bonds is 6. The predicted octanol–water partition coefficient (Wildman–Crippen LogP) is 2.64. The van der Waals surface area contributed by atoms with Crippen LogP contribution in [0.25, 0.3) is 0 Å². The molecule has 0 radical (unpaired) electrons. The molecule has 0 aliphatic heterocycles. The summed E-state index contributed by atoms with van der Waals surface area (Å²) in [4.78, 5) is 4.50. The van der Waals surface area contributed by atoms with Crippen LogP contribution in [0.1, 0.15) is 30.7 Å². The van der Waals surface area contributed by atoms with Gasteiger partial charge in [-0.2, -0.15) is 0 Å². The first-order valence-electron chi connectivity index (χ1n) is 6.91. The number of thioether (sulfide) groups is 1. The first-order valence-corrected chi connectivity index (χ1v) is 7.89. The van der Waals surface area contributed by atoms with Gasteiger partial charge in [-0.1, -0.05) is 25.6 Å². The van der Waals surface area contributed by atoms with Crippen molar-refractivity contribution in [3.8, 4) is 5.75 Å². The summed E-state index contributed by atoms with van der Waals surface area (Å²) in [5, 5.41) is 12.7. The molecule has 21 heavy (non-hydrogen) atoms. The Morgan fingerprint density at radius 3 is 2.76 bits per heavy atom. The van der Waals surface area contributed by atoms with E-state index >= 15 is 0 Å². The van der Waals surface area contributed by atoms with E-state index in [1.165, 1.54) is 0 Å². The zero-order valence-corrected chi connectivity index (χ0v) is 13.9. The molecule has 7 heteroatoms. The van der Waals surface area contributed by atoms with Crippen molar-refractivity contribution in [2.45, 2.75) is 45.1 Å². The van der Waals surface area contributed by atoms with Crippen LogP contribution in [0.2, 0.25) is 0 Å². The van der Waals surface area contributed by atoms with E-state index in [4.69, 9.17) is 4.74 Å². The molecule has 2 aromatic rings. The van der Waals surface area contributed by atoms with Gasteiger partial charge in [0.2, 0.25) is 5.16 Å². The summed E-state index contributed by atoms with van der Waals surface area (Å²) in [5.41, 5.74) is 3.13. The van der Waals surface area contributed by atoms with Gasteiger partial charge in [0, 0.05) is 29.6 Å². The average Bonchev–Trinajstić information content (AvgIpc) is 2.85. The number of hydrogen-bond acceptors (Lipinski definition) is 6. The van der Waals surface area contributed by atoms with Crippen LogP contribution in [0, 0.1) is 19.8 Å². The summed E-state index contributed by atoms with van der Waals surface area (Å²) in [6.07, 6.45) is 1.85. The summed E-state index contributed by atoms with van der Waals surface area (Å²) < 4.78 is 7.28. The summed E-state index contributed by atoms with van der Waals surface area (Å²) in [7, 11) is 1.69. The third-order valence-corrected chi connectivity index (χ3v) is 4.09. The standard InChI is InChI=1S/C14H21N5OS/c1-9(2)7-19-14(16-17-18-19)21-8-12-11(4)13(20-5)10(3)6-15-12/h6,9H,7-8H2,1-5H3. The highest BCUT2D eigenvalue weighted by molar-refractivity contribution is 7.98. The third-order valence-electron chi connectivity index (χ3n) is 3.12. The summed E-state index contributed by atoms with van der Waals surface area (Å²) >= 11 is 1.60. The van der Waals surface area contributed by atoms with Gasteiger partial charge in [-0.25, -0.2) is 4.68 Å². The van der Waals surface area contributed by atoms with E-state index in [0.29, 0.717) is 5.92 Å². The molecule has 0 aliphatic carbocycles. The van der Waals surface area contributed by atoms with Crippen LogP contribution in [0.5, 0.6) is 5.75 Å². The van der Waals surface area contributed by atoms with E-state index in [0.717, 1.165) is 40.0 Å². The molecule has 2 rings (SSSR count). The number of hydrogen-bond donors (Lipinski definition) is 0. The van der Waals surface area contributed by atoms with Crippen LogP contribution >= 0.6 is 11.8 Å². The molecular weight excluding hydrogens is 286 g/mol. The van der Waals surface area contributed by atoms with Crippen molar-refractivity contribution < 1.29 is 4.74 Å². The number of pyridine rings is 1. The van der Waals surface area contributed by atoms with Crippen molar-refractivity contribution in [2.75, 3.05) is 7.11 Å². The molecule has 6 nitrogen and oxygen atoms in total. The van der Waals surface area contributed by atoms with Gasteiger partial charge in [0.15, 0.2) is 0 Å². The minimum atomic E-state index is 0.507. The monoisotopic (exact) mass is 307 g/mol. The highest BCUT2D eigenvalue weighted by atomic mass is 32.2. The quantitative estimate of drug-likeness (QED) is 0.764. The third kappa shape index (κ3) is 3.72. The topological polar surface area (TPSA) is 65.7 Å². The van der Waals surface area contributed by atoms with E-state index in [-0.39, 0.29) is 0 Å². The first-order chi connectivity index (χ1) is 10.0. The summed E-state index contributed by atoms with van der Waals surface area (Å²) in [6.45, 7) is 9.14. The lowest BCUT2D eigenvalue weighted by atomic mass is 10.1. The van der Waals surface area contributed by atoms with Crippen molar-refractivity contribution in [1.82, 2.24) is 25.2 Å². The van der Waals surface area contributed by atoms with Gasteiger partial charge < -0.3 is 4.74 Å². The van der Waals surface area contributed by atoms with Gasteiger partial charge in [-0.3, -0.25) is 4.98 Å². The molecule has 0 bridgehead atoms. The molecule has 0 saturated carbocycles. The van der Waals surface area contributed by atoms with Crippen molar-refractivity contribution in [2.24, 2.45) is 5.92 Å². The minimum absolute atomic E-state index is 0.507. The van der Waals surface area contributed by atoms with Crippen molar-refractivity contribution in [1.29, 1.82) is 0 Å². The molecule has 2 heterocycles. The van der Waals surface area contributed by atoms with Crippen LogP contribution in [-0.2, 0) is 12.3 Å². The normalized spacial score (nSPS) is 11.1. The van der Waals surface area contributed by atoms with Crippen molar-refractivity contribution in [3.63, 3.8) is 0 Å². The second-order valence-electron chi connectivity index (χ2n) is 5.37. The van der Waals surface area contributed by atoms with Gasteiger partial charge in [0.1, 0.15) is 5.75 Å². The number of methoxy groups -OCH3 is 1. The fourth-order valence-electron chi connectivity index (χ4n) is 2.11. The predicted molar refractivity (Wildman–Crippen MR) is 82.5 cm³/mol. The Labute approximate surface area is 129 Å². The van der Waals surface area contributed by atoms with Crippen LogP contribution in [0.4, 0.5) is 0 Å². The van der Waals surface area contributed by atoms with E-state index in [2.05, 4.69) is 34.4 Å². The maximum absolute atomic E-state index is 5.44. The molecule has 0 atom stereocenters. The summed E-state index contributed by atoms with van der Waals surface area (Å²) in [6, 6.07) is 0. The fraction of sp³-hybridized carbons (Fsp3) is 0.571. The molecule has 0 saturated heterocycles. The molecule has 0 aliphatic rings. The number of ether oxygens (including phenoxy) is 1. The Morgan fingerprint density at radius 1 is 1.33 bits per heavy atom. The molecule has 114 valence electrons. The number of aromatic nitrogens is 5. The lowest BCUT2D eigenvalue weighted by Crippen LogP contribution is -2.08. The molecule has 0 unspecified atom stereocenters.